The third-order valence-electron chi connectivity index (χ3n) is 4.47. The van der Waals surface area contributed by atoms with Gasteiger partial charge in [0.25, 0.3) is 0 Å². The van der Waals surface area contributed by atoms with E-state index in [-0.39, 0.29) is 35.2 Å². The molecule has 0 heterocycles. The summed E-state index contributed by atoms with van der Waals surface area (Å²) in [6, 6.07) is 6.80. The molecule has 0 aromatic heterocycles. The predicted molar refractivity (Wildman–Crippen MR) is 104 cm³/mol. The van der Waals surface area contributed by atoms with Gasteiger partial charge in [0.15, 0.2) is 9.84 Å². The van der Waals surface area contributed by atoms with E-state index in [0.29, 0.717) is 30.6 Å². The molecule has 0 saturated heterocycles. The summed E-state index contributed by atoms with van der Waals surface area (Å²) in [6.45, 7) is 3.95. The van der Waals surface area contributed by atoms with Gasteiger partial charge in [-0.15, -0.1) is 0 Å². The van der Waals surface area contributed by atoms with Crippen LogP contribution in [0.3, 0.4) is 0 Å². The van der Waals surface area contributed by atoms with Crippen molar-refractivity contribution in [3.8, 4) is 0 Å². The smallest absolute Gasteiger partial charge is 0.225 e. The van der Waals surface area contributed by atoms with Gasteiger partial charge in [-0.3, -0.25) is 9.59 Å². The highest BCUT2D eigenvalue weighted by molar-refractivity contribution is 7.92. The Bertz CT molecular complexity index is 720. The lowest BCUT2D eigenvalue weighted by atomic mass is 10.1. The van der Waals surface area contributed by atoms with E-state index >= 15 is 0 Å². The molecule has 1 aromatic rings. The zero-order valence-electron chi connectivity index (χ0n) is 15.5. The van der Waals surface area contributed by atoms with E-state index in [2.05, 4.69) is 10.6 Å². The molecule has 0 aliphatic heterocycles. The molecule has 26 heavy (non-hydrogen) atoms. The van der Waals surface area contributed by atoms with E-state index in [4.69, 9.17) is 0 Å². The van der Waals surface area contributed by atoms with Gasteiger partial charge in [-0.05, 0) is 43.0 Å². The van der Waals surface area contributed by atoms with E-state index < -0.39 is 9.84 Å². The molecule has 1 fully saturated rings. The summed E-state index contributed by atoms with van der Waals surface area (Å²) in [5.74, 6) is -0.182. The highest BCUT2D eigenvalue weighted by Crippen LogP contribution is 2.25. The quantitative estimate of drug-likeness (QED) is 0.723. The fourth-order valence-electron chi connectivity index (χ4n) is 3.09. The van der Waals surface area contributed by atoms with E-state index in [1.165, 1.54) is 0 Å². The Morgan fingerprint density at radius 2 is 1.50 bits per heavy atom. The van der Waals surface area contributed by atoms with E-state index in [1.807, 2.05) is 13.8 Å². The molecule has 1 aromatic carbocycles. The van der Waals surface area contributed by atoms with Crippen LogP contribution in [-0.2, 0) is 19.4 Å². The van der Waals surface area contributed by atoms with Crippen molar-refractivity contribution in [2.45, 2.75) is 57.6 Å². The van der Waals surface area contributed by atoms with Crippen LogP contribution in [0.1, 0.15) is 52.4 Å². The molecular formula is C19H28N2O4S. The molecule has 0 bridgehead atoms. The van der Waals surface area contributed by atoms with Crippen molar-refractivity contribution < 1.29 is 18.0 Å². The Hall–Kier alpha value is -1.89. The Balaban J connectivity index is 1.80. The first-order valence-corrected chi connectivity index (χ1v) is 10.9. The third kappa shape index (κ3) is 6.44. The molecule has 2 rings (SSSR count). The van der Waals surface area contributed by atoms with Crippen molar-refractivity contribution in [3.05, 3.63) is 24.3 Å². The van der Waals surface area contributed by atoms with Gasteiger partial charge >= 0.3 is 0 Å². The summed E-state index contributed by atoms with van der Waals surface area (Å²) in [5.41, 5.74) is 1.24. The number of nitrogens with one attached hydrogen (secondary N) is 2. The highest BCUT2D eigenvalue weighted by Gasteiger charge is 2.28. The molecule has 0 radical (unpaired) electrons. The Morgan fingerprint density at radius 3 is 2.00 bits per heavy atom. The number of rotatable bonds is 8. The average molecular weight is 381 g/mol. The fraction of sp³-hybridized carbons (Fsp3) is 0.579. The molecule has 7 heteroatoms. The first-order chi connectivity index (χ1) is 12.3. The van der Waals surface area contributed by atoms with Crippen molar-refractivity contribution in [1.82, 2.24) is 0 Å². The second-order valence-corrected chi connectivity index (χ2v) is 9.70. The van der Waals surface area contributed by atoms with Crippen LogP contribution in [0.5, 0.6) is 0 Å². The molecule has 1 aliphatic rings. The van der Waals surface area contributed by atoms with Crippen LogP contribution in [0.15, 0.2) is 24.3 Å². The molecule has 0 spiro atoms. The van der Waals surface area contributed by atoms with Gasteiger partial charge in [0.1, 0.15) is 0 Å². The molecule has 6 nitrogen and oxygen atoms in total. The number of hydrogen-bond acceptors (Lipinski definition) is 4. The van der Waals surface area contributed by atoms with Gasteiger partial charge in [0.05, 0.1) is 11.0 Å². The standard InChI is InChI=1S/C19H28N2O4S/c1-14(2)13-19(23)21-16-9-7-15(8-10-16)20-18(22)11-12-26(24,25)17-5-3-4-6-17/h7-10,14,17H,3-6,11-13H2,1-2H3,(H,20,22)(H,21,23). The monoisotopic (exact) mass is 380 g/mol. The first-order valence-electron chi connectivity index (χ1n) is 9.17. The minimum atomic E-state index is -3.19. The highest BCUT2D eigenvalue weighted by atomic mass is 32.2. The summed E-state index contributed by atoms with van der Waals surface area (Å²) < 4.78 is 24.4. The lowest BCUT2D eigenvalue weighted by Crippen LogP contribution is -2.24. The molecule has 0 atom stereocenters. The van der Waals surface area contributed by atoms with Crippen LogP contribution in [0.2, 0.25) is 0 Å². The molecule has 144 valence electrons. The number of benzene rings is 1. The maximum Gasteiger partial charge on any atom is 0.225 e. The number of hydrogen-bond donors (Lipinski definition) is 2. The predicted octanol–water partition coefficient (Wildman–Crippen LogP) is 3.36. The van der Waals surface area contributed by atoms with E-state index in [0.717, 1.165) is 12.8 Å². The molecular weight excluding hydrogens is 352 g/mol. The number of anilines is 2. The summed E-state index contributed by atoms with van der Waals surface area (Å²) in [6.07, 6.45) is 3.76. The fourth-order valence-corrected chi connectivity index (χ4v) is 4.95. The largest absolute Gasteiger partial charge is 0.326 e. The third-order valence-corrected chi connectivity index (χ3v) is 6.73. The van der Waals surface area contributed by atoms with Crippen LogP contribution < -0.4 is 10.6 Å². The second kappa shape index (κ2) is 9.16. The second-order valence-electron chi connectivity index (χ2n) is 7.30. The number of sulfone groups is 1. The van der Waals surface area contributed by atoms with Crippen LogP contribution in [-0.4, -0.2) is 31.2 Å². The summed E-state index contributed by atoms with van der Waals surface area (Å²) in [7, 11) is -3.19. The van der Waals surface area contributed by atoms with Crippen LogP contribution >= 0.6 is 0 Å². The zero-order valence-corrected chi connectivity index (χ0v) is 16.3. The lowest BCUT2D eigenvalue weighted by Gasteiger charge is -2.11. The van der Waals surface area contributed by atoms with Crippen molar-refractivity contribution in [3.63, 3.8) is 0 Å². The molecule has 2 amide bonds. The molecule has 1 saturated carbocycles. The minimum absolute atomic E-state index is 0.0360. The number of carbonyl (C=O) groups is 2. The Kier molecular flexibility index (Phi) is 7.20. The summed E-state index contributed by atoms with van der Waals surface area (Å²) in [5, 5.41) is 5.23. The normalized spacial score (nSPS) is 15.2. The van der Waals surface area contributed by atoms with E-state index in [1.54, 1.807) is 24.3 Å². The van der Waals surface area contributed by atoms with Gasteiger partial charge in [0.2, 0.25) is 11.8 Å². The van der Waals surface area contributed by atoms with Gasteiger partial charge in [-0.2, -0.15) is 0 Å². The van der Waals surface area contributed by atoms with Gasteiger partial charge < -0.3 is 10.6 Å². The van der Waals surface area contributed by atoms with Gasteiger partial charge in [-0.25, -0.2) is 8.42 Å². The van der Waals surface area contributed by atoms with Gasteiger partial charge in [-0.1, -0.05) is 26.7 Å². The summed E-state index contributed by atoms with van der Waals surface area (Å²) >= 11 is 0. The number of carbonyl (C=O) groups excluding carboxylic acids is 2. The molecule has 2 N–H and O–H groups in total. The Labute approximate surface area is 155 Å². The van der Waals surface area contributed by atoms with Crippen molar-refractivity contribution in [2.24, 2.45) is 5.92 Å². The van der Waals surface area contributed by atoms with Crippen LogP contribution in [0, 0.1) is 5.92 Å². The maximum absolute atomic E-state index is 12.2. The van der Waals surface area contributed by atoms with E-state index in [9.17, 15) is 18.0 Å². The van der Waals surface area contributed by atoms with Crippen LogP contribution in [0.4, 0.5) is 11.4 Å². The van der Waals surface area contributed by atoms with Crippen LogP contribution in [0.25, 0.3) is 0 Å². The SMILES string of the molecule is CC(C)CC(=O)Nc1ccc(NC(=O)CCS(=O)(=O)C2CCCC2)cc1. The first kappa shape index (κ1) is 20.4. The number of amides is 2. The topological polar surface area (TPSA) is 92.3 Å². The maximum atomic E-state index is 12.2. The van der Waals surface area contributed by atoms with Crippen molar-refractivity contribution >= 4 is 33.0 Å². The summed E-state index contributed by atoms with van der Waals surface area (Å²) in [4.78, 5) is 23.7. The Morgan fingerprint density at radius 1 is 1.00 bits per heavy atom. The zero-order chi connectivity index (χ0) is 19.2. The van der Waals surface area contributed by atoms with Crippen molar-refractivity contribution in [2.75, 3.05) is 16.4 Å². The average Bonchev–Trinajstić information content (AvgIpc) is 3.09. The minimum Gasteiger partial charge on any atom is -0.326 e. The molecule has 0 unspecified atom stereocenters. The van der Waals surface area contributed by atoms with Gasteiger partial charge in [0, 0.05) is 24.2 Å². The molecule has 1 aliphatic carbocycles. The lowest BCUT2D eigenvalue weighted by molar-refractivity contribution is -0.117. The van der Waals surface area contributed by atoms with Crippen molar-refractivity contribution in [1.29, 1.82) is 0 Å².